The number of carbonyl (C=O) groups excluding carboxylic acids is 1. The number of aryl methyl sites for hydroxylation is 1. The molecule has 0 heterocycles. The Hall–Kier alpha value is -1.79. The van der Waals surface area contributed by atoms with Crippen LogP contribution >= 0.6 is 0 Å². The number of benzene rings is 1. The van der Waals surface area contributed by atoms with Gasteiger partial charge in [-0.1, -0.05) is 30.2 Å². The average Bonchev–Trinajstić information content (AvgIpc) is 2.32. The zero-order chi connectivity index (χ0) is 12.7. The van der Waals surface area contributed by atoms with Gasteiger partial charge in [0.2, 0.25) is 0 Å². The van der Waals surface area contributed by atoms with Crippen LogP contribution in [0.25, 0.3) is 0 Å². The second-order valence-electron chi connectivity index (χ2n) is 3.63. The van der Waals surface area contributed by atoms with Crippen molar-refractivity contribution >= 4 is 5.97 Å². The van der Waals surface area contributed by atoms with Gasteiger partial charge in [0.05, 0.1) is 13.2 Å². The van der Waals surface area contributed by atoms with E-state index in [1.807, 2.05) is 31.2 Å². The molecule has 1 unspecified atom stereocenters. The molecule has 1 N–H and O–H groups in total. The molecule has 0 fully saturated rings. The van der Waals surface area contributed by atoms with Gasteiger partial charge in [-0.3, -0.25) is 5.32 Å². The predicted octanol–water partition coefficient (Wildman–Crippen LogP) is 1.82. The van der Waals surface area contributed by atoms with Gasteiger partial charge in [0.1, 0.15) is 6.04 Å². The van der Waals surface area contributed by atoms with Crippen LogP contribution in [-0.2, 0) is 9.53 Å². The van der Waals surface area contributed by atoms with Gasteiger partial charge in [-0.2, -0.15) is 0 Å². The average molecular weight is 231 g/mol. The summed E-state index contributed by atoms with van der Waals surface area (Å²) in [4.78, 5) is 11.8. The summed E-state index contributed by atoms with van der Waals surface area (Å²) in [5.41, 5.74) is 1.94. The van der Waals surface area contributed by atoms with E-state index in [4.69, 9.17) is 11.2 Å². The van der Waals surface area contributed by atoms with Crippen molar-refractivity contribution in [2.75, 3.05) is 13.2 Å². The Morgan fingerprint density at radius 1 is 1.53 bits per heavy atom. The molecule has 0 aliphatic carbocycles. The van der Waals surface area contributed by atoms with Crippen LogP contribution in [0.15, 0.2) is 24.3 Å². The van der Waals surface area contributed by atoms with Gasteiger partial charge < -0.3 is 4.74 Å². The first-order chi connectivity index (χ1) is 8.20. The molecule has 0 radical (unpaired) electrons. The predicted molar refractivity (Wildman–Crippen MR) is 67.4 cm³/mol. The lowest BCUT2D eigenvalue weighted by Gasteiger charge is -2.18. The molecule has 1 rings (SSSR count). The minimum atomic E-state index is -0.493. The summed E-state index contributed by atoms with van der Waals surface area (Å²) in [7, 11) is 0. The lowest BCUT2D eigenvalue weighted by atomic mass is 10.0. The highest BCUT2D eigenvalue weighted by atomic mass is 16.5. The summed E-state index contributed by atoms with van der Waals surface area (Å²) >= 11 is 0. The molecule has 3 heteroatoms. The van der Waals surface area contributed by atoms with Gasteiger partial charge >= 0.3 is 5.97 Å². The number of terminal acetylenes is 1. The van der Waals surface area contributed by atoms with Gasteiger partial charge in [0.25, 0.3) is 0 Å². The molecule has 90 valence electrons. The van der Waals surface area contributed by atoms with Crippen LogP contribution < -0.4 is 5.32 Å². The second-order valence-corrected chi connectivity index (χ2v) is 3.63. The number of carbonyl (C=O) groups is 1. The SMILES string of the molecule is C#CCNC(C(=O)OCC)c1ccccc1C. The van der Waals surface area contributed by atoms with Gasteiger partial charge in [0.15, 0.2) is 0 Å². The van der Waals surface area contributed by atoms with Crippen LogP contribution in [0.3, 0.4) is 0 Å². The fourth-order valence-electron chi connectivity index (χ4n) is 1.62. The van der Waals surface area contributed by atoms with Crippen LogP contribution in [0.2, 0.25) is 0 Å². The van der Waals surface area contributed by atoms with Crippen LogP contribution in [0, 0.1) is 19.3 Å². The van der Waals surface area contributed by atoms with Crippen molar-refractivity contribution in [1.82, 2.24) is 5.32 Å². The molecule has 1 aromatic carbocycles. The minimum absolute atomic E-state index is 0.294. The fraction of sp³-hybridized carbons (Fsp3) is 0.357. The second kappa shape index (κ2) is 6.72. The van der Waals surface area contributed by atoms with Crippen molar-refractivity contribution in [1.29, 1.82) is 0 Å². The first-order valence-electron chi connectivity index (χ1n) is 5.59. The normalized spacial score (nSPS) is 11.6. The quantitative estimate of drug-likeness (QED) is 0.620. The number of rotatable bonds is 5. The summed E-state index contributed by atoms with van der Waals surface area (Å²) in [6, 6.07) is 7.20. The van der Waals surface area contributed by atoms with Crippen LogP contribution in [-0.4, -0.2) is 19.1 Å². The van der Waals surface area contributed by atoms with E-state index in [0.717, 1.165) is 11.1 Å². The highest BCUT2D eigenvalue weighted by Crippen LogP contribution is 2.18. The molecule has 17 heavy (non-hydrogen) atoms. The molecule has 0 saturated carbocycles. The number of hydrogen-bond donors (Lipinski definition) is 1. The Bertz CT molecular complexity index is 420. The summed E-state index contributed by atoms with van der Waals surface area (Å²) in [5.74, 6) is 2.17. The van der Waals surface area contributed by atoms with E-state index in [9.17, 15) is 4.79 Å². The molecule has 0 bridgehead atoms. The lowest BCUT2D eigenvalue weighted by Crippen LogP contribution is -2.31. The van der Waals surface area contributed by atoms with E-state index < -0.39 is 6.04 Å². The van der Waals surface area contributed by atoms with E-state index in [0.29, 0.717) is 13.2 Å². The number of esters is 1. The summed E-state index contributed by atoms with van der Waals surface area (Å²) < 4.78 is 5.04. The first-order valence-corrected chi connectivity index (χ1v) is 5.59. The fourth-order valence-corrected chi connectivity index (χ4v) is 1.62. The van der Waals surface area contributed by atoms with Gasteiger partial charge in [-0.05, 0) is 25.0 Å². The third-order valence-corrected chi connectivity index (χ3v) is 2.43. The maximum absolute atomic E-state index is 11.8. The standard InChI is InChI=1S/C14H17NO2/c1-4-10-15-13(14(16)17-5-2)12-9-7-6-8-11(12)3/h1,6-9,13,15H,5,10H2,2-3H3. The third kappa shape index (κ3) is 3.61. The maximum Gasteiger partial charge on any atom is 0.327 e. The molecule has 0 aromatic heterocycles. The number of nitrogens with one attached hydrogen (secondary N) is 1. The topological polar surface area (TPSA) is 38.3 Å². The Kier molecular flexibility index (Phi) is 5.25. The maximum atomic E-state index is 11.8. The molecule has 0 saturated heterocycles. The van der Waals surface area contributed by atoms with Gasteiger partial charge in [-0.15, -0.1) is 6.42 Å². The van der Waals surface area contributed by atoms with E-state index in [-0.39, 0.29) is 5.97 Å². The monoisotopic (exact) mass is 231 g/mol. The molecule has 1 aromatic rings. The summed E-state index contributed by atoms with van der Waals surface area (Å²) in [6.07, 6.45) is 5.20. The Labute approximate surface area is 102 Å². The molecule has 3 nitrogen and oxygen atoms in total. The Morgan fingerprint density at radius 2 is 2.24 bits per heavy atom. The largest absolute Gasteiger partial charge is 0.465 e. The highest BCUT2D eigenvalue weighted by Gasteiger charge is 2.22. The van der Waals surface area contributed by atoms with Crippen molar-refractivity contribution in [2.45, 2.75) is 19.9 Å². The van der Waals surface area contributed by atoms with Crippen molar-refractivity contribution < 1.29 is 9.53 Å². The van der Waals surface area contributed by atoms with Crippen molar-refractivity contribution in [3.8, 4) is 12.3 Å². The van der Waals surface area contributed by atoms with Crippen molar-refractivity contribution in [3.05, 3.63) is 35.4 Å². The minimum Gasteiger partial charge on any atom is -0.465 e. The van der Waals surface area contributed by atoms with E-state index in [1.165, 1.54) is 0 Å². The molecule has 0 spiro atoms. The Morgan fingerprint density at radius 3 is 2.82 bits per heavy atom. The zero-order valence-electron chi connectivity index (χ0n) is 10.2. The smallest absolute Gasteiger partial charge is 0.327 e. The van der Waals surface area contributed by atoms with E-state index in [1.54, 1.807) is 6.92 Å². The Balaban J connectivity index is 2.94. The molecule has 1 atom stereocenters. The van der Waals surface area contributed by atoms with Gasteiger partial charge in [0, 0.05) is 0 Å². The summed E-state index contributed by atoms with van der Waals surface area (Å²) in [6.45, 7) is 4.43. The van der Waals surface area contributed by atoms with E-state index in [2.05, 4.69) is 11.2 Å². The molecule has 0 amide bonds. The number of hydrogen-bond acceptors (Lipinski definition) is 3. The highest BCUT2D eigenvalue weighted by molar-refractivity contribution is 5.78. The molecular formula is C14H17NO2. The van der Waals surface area contributed by atoms with Crippen molar-refractivity contribution in [2.24, 2.45) is 0 Å². The van der Waals surface area contributed by atoms with Crippen molar-refractivity contribution in [3.63, 3.8) is 0 Å². The first kappa shape index (κ1) is 13.3. The molecule has 0 aliphatic heterocycles. The molecular weight excluding hydrogens is 214 g/mol. The zero-order valence-corrected chi connectivity index (χ0v) is 10.2. The summed E-state index contributed by atoms with van der Waals surface area (Å²) in [5, 5.41) is 3.00. The molecule has 0 aliphatic rings. The van der Waals surface area contributed by atoms with Crippen LogP contribution in [0.4, 0.5) is 0 Å². The lowest BCUT2D eigenvalue weighted by molar-refractivity contribution is -0.145. The van der Waals surface area contributed by atoms with Crippen LogP contribution in [0.1, 0.15) is 24.1 Å². The number of ether oxygens (including phenoxy) is 1. The van der Waals surface area contributed by atoms with E-state index >= 15 is 0 Å². The van der Waals surface area contributed by atoms with Crippen LogP contribution in [0.5, 0.6) is 0 Å². The van der Waals surface area contributed by atoms with Gasteiger partial charge in [-0.25, -0.2) is 4.79 Å². The third-order valence-electron chi connectivity index (χ3n) is 2.43.